The van der Waals surface area contributed by atoms with Crippen LogP contribution >= 0.6 is 0 Å². The van der Waals surface area contributed by atoms with Crippen molar-refractivity contribution in [1.29, 1.82) is 0 Å². The molecule has 0 aromatic carbocycles. The number of carbonyl (C=O) groups excluding carboxylic acids is 2. The summed E-state index contributed by atoms with van der Waals surface area (Å²) in [7, 11) is 0. The van der Waals surface area contributed by atoms with Gasteiger partial charge in [0.1, 0.15) is 0 Å². The molecule has 19 heavy (non-hydrogen) atoms. The molecular weight excluding hydrogens is 244 g/mol. The molecule has 0 aliphatic carbocycles. The minimum atomic E-state index is -0.200. The van der Waals surface area contributed by atoms with Gasteiger partial charge in [-0.1, -0.05) is 13.8 Å². The smallest absolute Gasteiger partial charge is 0.223 e. The van der Waals surface area contributed by atoms with E-state index in [-0.39, 0.29) is 36.2 Å². The van der Waals surface area contributed by atoms with Crippen molar-refractivity contribution in [3.63, 3.8) is 0 Å². The molecule has 1 atom stereocenters. The highest BCUT2D eigenvalue weighted by molar-refractivity contribution is 5.86. The maximum atomic E-state index is 12.1. The van der Waals surface area contributed by atoms with Crippen LogP contribution in [-0.4, -0.2) is 36.6 Å². The summed E-state index contributed by atoms with van der Waals surface area (Å²) >= 11 is 0. The zero-order valence-corrected chi connectivity index (χ0v) is 12.0. The van der Waals surface area contributed by atoms with Crippen LogP contribution in [0.4, 0.5) is 0 Å². The lowest BCUT2D eigenvalue weighted by atomic mass is 9.79. The van der Waals surface area contributed by atoms with Crippen LogP contribution < -0.4 is 10.6 Å². The number of piperidine rings is 1. The van der Waals surface area contributed by atoms with E-state index >= 15 is 0 Å². The average molecular weight is 270 g/mol. The second kappa shape index (κ2) is 7.48. The molecule has 110 valence electrons. The van der Waals surface area contributed by atoms with Crippen LogP contribution in [0.3, 0.4) is 0 Å². The summed E-state index contributed by atoms with van der Waals surface area (Å²) in [5.74, 6) is -0.271. The molecule has 0 bridgehead atoms. The summed E-state index contributed by atoms with van der Waals surface area (Å²) in [5.41, 5.74) is -0.0265. The first-order chi connectivity index (χ1) is 9.06. The van der Waals surface area contributed by atoms with Crippen LogP contribution in [0, 0.1) is 11.3 Å². The largest absolute Gasteiger partial charge is 0.396 e. The van der Waals surface area contributed by atoms with Gasteiger partial charge in [-0.2, -0.15) is 0 Å². The summed E-state index contributed by atoms with van der Waals surface area (Å²) in [6, 6.07) is 0. The van der Waals surface area contributed by atoms with E-state index in [0.717, 1.165) is 12.8 Å². The van der Waals surface area contributed by atoms with Gasteiger partial charge in [0.15, 0.2) is 0 Å². The third-order valence-corrected chi connectivity index (χ3v) is 4.40. The maximum Gasteiger partial charge on any atom is 0.223 e. The fourth-order valence-corrected chi connectivity index (χ4v) is 2.61. The Hall–Kier alpha value is -1.10. The summed E-state index contributed by atoms with van der Waals surface area (Å²) in [6.45, 7) is 5.47. The first-order valence-corrected chi connectivity index (χ1v) is 7.22. The number of aliphatic hydroxyl groups excluding tert-OH is 1. The van der Waals surface area contributed by atoms with Crippen molar-refractivity contribution >= 4 is 11.8 Å². The monoisotopic (exact) mass is 270 g/mol. The lowest BCUT2D eigenvalue weighted by Gasteiger charge is -2.32. The third kappa shape index (κ3) is 4.49. The number of hydrogen-bond donors (Lipinski definition) is 3. The van der Waals surface area contributed by atoms with Crippen molar-refractivity contribution in [2.75, 3.05) is 19.7 Å². The molecule has 1 aliphatic rings. The minimum absolute atomic E-state index is 0.0265. The van der Waals surface area contributed by atoms with E-state index in [1.165, 1.54) is 0 Å². The first-order valence-electron chi connectivity index (χ1n) is 7.22. The molecule has 0 spiro atoms. The molecule has 2 amide bonds. The molecule has 1 heterocycles. The van der Waals surface area contributed by atoms with E-state index in [1.54, 1.807) is 0 Å². The van der Waals surface area contributed by atoms with Crippen LogP contribution in [0.1, 0.15) is 46.0 Å². The molecular formula is C14H26N2O3. The van der Waals surface area contributed by atoms with Crippen LogP contribution in [0.2, 0.25) is 0 Å². The Kier molecular flexibility index (Phi) is 6.28. The highest BCUT2D eigenvalue weighted by atomic mass is 16.3. The Bertz CT molecular complexity index is 314. The number of amides is 2. The van der Waals surface area contributed by atoms with E-state index < -0.39 is 0 Å². The van der Waals surface area contributed by atoms with Crippen molar-refractivity contribution in [1.82, 2.24) is 10.6 Å². The molecule has 1 rings (SSSR count). The van der Waals surface area contributed by atoms with Gasteiger partial charge in [0.2, 0.25) is 11.8 Å². The van der Waals surface area contributed by atoms with Gasteiger partial charge in [-0.05, 0) is 31.1 Å². The zero-order valence-electron chi connectivity index (χ0n) is 12.0. The van der Waals surface area contributed by atoms with E-state index in [0.29, 0.717) is 25.9 Å². The van der Waals surface area contributed by atoms with Gasteiger partial charge in [0, 0.05) is 32.0 Å². The maximum absolute atomic E-state index is 12.1. The van der Waals surface area contributed by atoms with Gasteiger partial charge in [0.05, 0.1) is 0 Å². The van der Waals surface area contributed by atoms with Crippen molar-refractivity contribution in [2.45, 2.75) is 46.0 Å². The van der Waals surface area contributed by atoms with Crippen LogP contribution in [-0.2, 0) is 9.59 Å². The fraction of sp³-hybridized carbons (Fsp3) is 0.857. The number of hydrogen-bond acceptors (Lipinski definition) is 3. The van der Waals surface area contributed by atoms with Crippen LogP contribution in [0.25, 0.3) is 0 Å². The predicted octanol–water partition coefficient (Wildman–Crippen LogP) is 0.818. The highest BCUT2D eigenvalue weighted by Crippen LogP contribution is 2.29. The first kappa shape index (κ1) is 16.0. The topological polar surface area (TPSA) is 78.4 Å². The third-order valence-electron chi connectivity index (χ3n) is 4.40. The van der Waals surface area contributed by atoms with Gasteiger partial charge < -0.3 is 15.7 Å². The Balaban J connectivity index is 2.49. The normalized spacial score (nSPS) is 19.9. The molecule has 3 N–H and O–H groups in total. The second-order valence-electron chi connectivity index (χ2n) is 5.44. The fourth-order valence-electron chi connectivity index (χ4n) is 2.61. The van der Waals surface area contributed by atoms with Crippen molar-refractivity contribution in [3.8, 4) is 0 Å². The molecule has 0 aromatic heterocycles. The van der Waals surface area contributed by atoms with E-state index in [9.17, 15) is 9.59 Å². The lowest BCUT2D eigenvalue weighted by Crippen LogP contribution is -2.44. The van der Waals surface area contributed by atoms with Crippen molar-refractivity contribution < 1.29 is 14.7 Å². The number of nitrogens with one attached hydrogen (secondary N) is 2. The molecule has 1 aliphatic heterocycles. The molecule has 5 nitrogen and oxygen atoms in total. The van der Waals surface area contributed by atoms with Gasteiger partial charge in [-0.15, -0.1) is 0 Å². The predicted molar refractivity (Wildman–Crippen MR) is 73.5 cm³/mol. The summed E-state index contributed by atoms with van der Waals surface area (Å²) in [6.07, 6.45) is 3.55. The number of carbonyl (C=O) groups is 2. The Morgan fingerprint density at radius 1 is 1.47 bits per heavy atom. The van der Waals surface area contributed by atoms with Crippen LogP contribution in [0.5, 0.6) is 0 Å². The Morgan fingerprint density at radius 2 is 2.16 bits per heavy atom. The van der Waals surface area contributed by atoms with E-state index in [2.05, 4.69) is 24.5 Å². The van der Waals surface area contributed by atoms with Crippen molar-refractivity contribution in [3.05, 3.63) is 0 Å². The number of aliphatic hydroxyl groups is 1. The van der Waals surface area contributed by atoms with E-state index in [4.69, 9.17) is 5.11 Å². The van der Waals surface area contributed by atoms with Crippen molar-refractivity contribution in [2.24, 2.45) is 11.3 Å². The molecule has 0 radical (unpaired) electrons. The lowest BCUT2D eigenvalue weighted by molar-refractivity contribution is -0.132. The summed E-state index contributed by atoms with van der Waals surface area (Å²) in [4.78, 5) is 23.3. The molecule has 5 heteroatoms. The highest BCUT2D eigenvalue weighted by Gasteiger charge is 2.29. The molecule has 0 saturated carbocycles. The zero-order chi connectivity index (χ0) is 14.3. The van der Waals surface area contributed by atoms with Gasteiger partial charge >= 0.3 is 0 Å². The average Bonchev–Trinajstić information content (AvgIpc) is 2.43. The molecule has 0 aromatic rings. The Labute approximate surface area is 115 Å². The standard InChI is InChI=1S/C14H26N2O3/c1-3-14(4-2,6-8-17)10-16-13(19)11-5-7-15-12(18)9-11/h11,17H,3-10H2,1-2H3,(H,15,18)(H,16,19). The minimum Gasteiger partial charge on any atom is -0.396 e. The summed E-state index contributed by atoms with van der Waals surface area (Å²) in [5, 5.41) is 14.8. The number of rotatable bonds is 7. The van der Waals surface area contributed by atoms with E-state index in [1.807, 2.05) is 0 Å². The molecule has 1 fully saturated rings. The second-order valence-corrected chi connectivity index (χ2v) is 5.44. The van der Waals surface area contributed by atoms with Gasteiger partial charge in [-0.25, -0.2) is 0 Å². The van der Waals surface area contributed by atoms with Gasteiger partial charge in [0.25, 0.3) is 0 Å². The Morgan fingerprint density at radius 3 is 2.68 bits per heavy atom. The molecule has 1 unspecified atom stereocenters. The summed E-state index contributed by atoms with van der Waals surface area (Å²) < 4.78 is 0. The van der Waals surface area contributed by atoms with Crippen LogP contribution in [0.15, 0.2) is 0 Å². The quantitative estimate of drug-likeness (QED) is 0.641. The SMILES string of the molecule is CCC(CC)(CCO)CNC(=O)C1CCNC(=O)C1. The molecule has 1 saturated heterocycles. The van der Waals surface area contributed by atoms with Gasteiger partial charge in [-0.3, -0.25) is 9.59 Å².